The van der Waals surface area contributed by atoms with Crippen molar-refractivity contribution < 1.29 is 5.11 Å². The third-order valence-corrected chi connectivity index (χ3v) is 5.78. The average molecular weight is 340 g/mol. The molecule has 4 rings (SSSR count). The Balaban J connectivity index is 1.98. The van der Waals surface area contributed by atoms with Gasteiger partial charge >= 0.3 is 0 Å². The van der Waals surface area contributed by atoms with Crippen LogP contribution in [0.2, 0.25) is 0 Å². The second-order valence-electron chi connectivity index (χ2n) is 7.25. The lowest BCUT2D eigenvalue weighted by Gasteiger charge is -2.20. The first-order chi connectivity index (χ1) is 12.6. The molecule has 26 heavy (non-hydrogen) atoms. The molecule has 0 bridgehead atoms. The lowest BCUT2D eigenvalue weighted by Crippen LogP contribution is -2.05. The molecule has 0 spiro atoms. The maximum absolute atomic E-state index is 11.3. The number of benzene rings is 3. The summed E-state index contributed by atoms with van der Waals surface area (Å²) in [7, 11) is 0. The Bertz CT molecular complexity index is 1040. The van der Waals surface area contributed by atoms with Gasteiger partial charge in [-0.15, -0.1) is 0 Å². The van der Waals surface area contributed by atoms with Crippen LogP contribution >= 0.6 is 0 Å². The van der Waals surface area contributed by atoms with Crippen LogP contribution in [0.15, 0.2) is 83.4 Å². The Morgan fingerprint density at radius 2 is 1.46 bits per heavy atom. The van der Waals surface area contributed by atoms with Gasteiger partial charge in [0.2, 0.25) is 0 Å². The molecule has 0 saturated heterocycles. The molecule has 0 radical (unpaired) electrons. The van der Waals surface area contributed by atoms with Crippen LogP contribution in [0.5, 0.6) is 0 Å². The van der Waals surface area contributed by atoms with Crippen LogP contribution in [-0.4, -0.2) is 5.11 Å². The first-order valence-corrected chi connectivity index (χ1v) is 9.19. The van der Waals surface area contributed by atoms with E-state index < -0.39 is 6.10 Å². The molecule has 1 heteroatoms. The molecule has 0 saturated carbocycles. The fraction of sp³-hybridized carbons (Fsp3) is 0.200. The van der Waals surface area contributed by atoms with E-state index in [-0.39, 0.29) is 0 Å². The Kier molecular flexibility index (Phi) is 4.26. The number of fused-ring (bicyclic) bond motifs is 1. The van der Waals surface area contributed by atoms with Gasteiger partial charge in [0.15, 0.2) is 0 Å². The Morgan fingerprint density at radius 3 is 2.15 bits per heavy atom. The van der Waals surface area contributed by atoms with Crippen molar-refractivity contribution in [1.29, 1.82) is 0 Å². The summed E-state index contributed by atoms with van der Waals surface area (Å²) in [6.07, 6.45) is 0.323. The van der Waals surface area contributed by atoms with Crippen LogP contribution in [0.3, 0.4) is 0 Å². The normalized spacial score (nSPS) is 15.8. The number of rotatable bonds is 3. The second-order valence-corrected chi connectivity index (χ2v) is 7.25. The second kappa shape index (κ2) is 6.59. The van der Waals surface area contributed by atoms with Crippen molar-refractivity contribution in [2.45, 2.75) is 33.3 Å². The minimum atomic E-state index is -0.640. The molecule has 0 aromatic heterocycles. The minimum absolute atomic E-state index is 0.640. The average Bonchev–Trinajstić information content (AvgIpc) is 2.94. The van der Waals surface area contributed by atoms with Crippen LogP contribution in [0.1, 0.15) is 50.0 Å². The van der Waals surface area contributed by atoms with Crippen molar-refractivity contribution in [2.24, 2.45) is 0 Å². The van der Waals surface area contributed by atoms with Crippen molar-refractivity contribution in [2.75, 3.05) is 0 Å². The van der Waals surface area contributed by atoms with Crippen LogP contribution in [0.25, 0.3) is 16.3 Å². The van der Waals surface area contributed by atoms with Crippen molar-refractivity contribution in [3.05, 3.63) is 100 Å². The molecule has 0 amide bonds. The van der Waals surface area contributed by atoms with Gasteiger partial charge in [-0.3, -0.25) is 0 Å². The van der Waals surface area contributed by atoms with E-state index in [1.54, 1.807) is 0 Å². The molecule has 3 aromatic rings. The highest BCUT2D eigenvalue weighted by Crippen LogP contribution is 2.43. The lowest BCUT2D eigenvalue weighted by molar-refractivity contribution is 0.221. The topological polar surface area (TPSA) is 20.2 Å². The third kappa shape index (κ3) is 2.69. The third-order valence-electron chi connectivity index (χ3n) is 5.78. The first-order valence-electron chi connectivity index (χ1n) is 9.19. The van der Waals surface area contributed by atoms with Crippen molar-refractivity contribution >= 4 is 16.3 Å². The molecular formula is C25H24O. The van der Waals surface area contributed by atoms with E-state index in [9.17, 15) is 5.11 Å². The summed E-state index contributed by atoms with van der Waals surface area (Å²) in [4.78, 5) is 0. The summed E-state index contributed by atoms with van der Waals surface area (Å²) in [5.41, 5.74) is 8.62. The van der Waals surface area contributed by atoms with Crippen molar-refractivity contribution in [3.8, 4) is 0 Å². The molecule has 1 aliphatic carbocycles. The Hall–Kier alpha value is -2.64. The fourth-order valence-corrected chi connectivity index (χ4v) is 4.03. The summed E-state index contributed by atoms with van der Waals surface area (Å²) in [6.45, 7) is 6.61. The Morgan fingerprint density at radius 1 is 0.769 bits per heavy atom. The summed E-state index contributed by atoms with van der Waals surface area (Å²) < 4.78 is 0. The van der Waals surface area contributed by atoms with E-state index in [1.807, 2.05) is 30.3 Å². The summed E-state index contributed by atoms with van der Waals surface area (Å²) in [6, 6.07) is 22.7. The molecule has 130 valence electrons. The van der Waals surface area contributed by atoms with Crippen LogP contribution in [0, 0.1) is 0 Å². The molecule has 1 atom stereocenters. The van der Waals surface area contributed by atoms with Crippen molar-refractivity contribution in [1.82, 2.24) is 0 Å². The van der Waals surface area contributed by atoms with Gasteiger partial charge in [0, 0.05) is 5.56 Å². The molecule has 0 fully saturated rings. The molecule has 3 aromatic carbocycles. The van der Waals surface area contributed by atoms with E-state index in [4.69, 9.17) is 0 Å². The SMILES string of the molecule is CC1=C(C)C(C)=C(c2ccc3ccccc3c2C(O)c2ccccc2)C1. The standard InChI is InChI=1S/C25H24O/c1-16-15-23(18(3)17(16)2)22-14-13-19-9-7-8-12-21(19)24(22)25(26)20-10-5-4-6-11-20/h4-14,25-26H,15H2,1-3H3. The monoisotopic (exact) mass is 340 g/mol. The van der Waals surface area contributed by atoms with Gasteiger partial charge in [-0.2, -0.15) is 0 Å². The number of aliphatic hydroxyl groups excluding tert-OH is 1. The van der Waals surface area contributed by atoms with Gasteiger partial charge in [0.25, 0.3) is 0 Å². The Labute approximate surface area is 155 Å². The highest BCUT2D eigenvalue weighted by atomic mass is 16.3. The van der Waals surface area contributed by atoms with E-state index in [0.717, 1.165) is 22.9 Å². The molecule has 1 aliphatic rings. The highest BCUT2D eigenvalue weighted by molar-refractivity contribution is 5.93. The fourth-order valence-electron chi connectivity index (χ4n) is 4.03. The maximum atomic E-state index is 11.3. The zero-order valence-electron chi connectivity index (χ0n) is 15.6. The molecule has 1 N–H and O–H groups in total. The zero-order chi connectivity index (χ0) is 18.3. The minimum Gasteiger partial charge on any atom is -0.384 e. The van der Waals surface area contributed by atoms with Crippen LogP contribution < -0.4 is 0 Å². The summed E-state index contributed by atoms with van der Waals surface area (Å²) in [5, 5.41) is 13.6. The summed E-state index contributed by atoms with van der Waals surface area (Å²) >= 11 is 0. The van der Waals surface area contributed by atoms with Gasteiger partial charge < -0.3 is 5.11 Å². The van der Waals surface area contributed by atoms with Gasteiger partial charge in [-0.05, 0) is 65.8 Å². The molecular weight excluding hydrogens is 316 g/mol. The smallest absolute Gasteiger partial charge is 0.105 e. The number of allylic oxidation sites excluding steroid dienone is 4. The quantitative estimate of drug-likeness (QED) is 0.582. The molecule has 1 nitrogen and oxygen atoms in total. The maximum Gasteiger partial charge on any atom is 0.105 e. The van der Waals surface area contributed by atoms with E-state index in [0.29, 0.717) is 0 Å². The van der Waals surface area contributed by atoms with Crippen LogP contribution in [0.4, 0.5) is 0 Å². The van der Waals surface area contributed by atoms with Crippen LogP contribution in [-0.2, 0) is 0 Å². The van der Waals surface area contributed by atoms with Gasteiger partial charge in [0.05, 0.1) is 0 Å². The first kappa shape index (κ1) is 16.8. The predicted octanol–water partition coefficient (Wildman–Crippen LogP) is 6.44. The lowest BCUT2D eigenvalue weighted by atomic mass is 9.86. The van der Waals surface area contributed by atoms with Gasteiger partial charge in [-0.25, -0.2) is 0 Å². The molecule has 0 heterocycles. The van der Waals surface area contributed by atoms with E-state index in [1.165, 1.54) is 33.2 Å². The van der Waals surface area contributed by atoms with E-state index in [2.05, 4.69) is 57.2 Å². The number of aliphatic hydroxyl groups is 1. The highest BCUT2D eigenvalue weighted by Gasteiger charge is 2.24. The zero-order valence-corrected chi connectivity index (χ0v) is 15.6. The largest absolute Gasteiger partial charge is 0.384 e. The molecule has 0 aliphatic heterocycles. The predicted molar refractivity (Wildman–Crippen MR) is 110 cm³/mol. The number of hydrogen-bond acceptors (Lipinski definition) is 1. The van der Waals surface area contributed by atoms with Gasteiger partial charge in [-0.1, -0.05) is 72.3 Å². The van der Waals surface area contributed by atoms with Crippen molar-refractivity contribution in [3.63, 3.8) is 0 Å². The molecule has 1 unspecified atom stereocenters. The van der Waals surface area contributed by atoms with Gasteiger partial charge in [0.1, 0.15) is 6.10 Å². The van der Waals surface area contributed by atoms with E-state index >= 15 is 0 Å². The summed E-state index contributed by atoms with van der Waals surface area (Å²) in [5.74, 6) is 0. The number of hydrogen-bond donors (Lipinski definition) is 1.